The van der Waals surface area contributed by atoms with Crippen molar-refractivity contribution in [3.63, 3.8) is 0 Å². The quantitative estimate of drug-likeness (QED) is 0.328. The summed E-state index contributed by atoms with van der Waals surface area (Å²) in [5.74, 6) is -0.205. The molecule has 3 unspecified atom stereocenters. The molecule has 0 heterocycles. The molecule has 2 N–H and O–H groups in total. The van der Waals surface area contributed by atoms with Gasteiger partial charge in [-0.1, -0.05) is 25.8 Å². The first-order valence-electron chi connectivity index (χ1n) is 7.52. The average molecular weight is 284 g/mol. The average Bonchev–Trinajstić information content (AvgIpc) is 2.38. The van der Waals surface area contributed by atoms with Gasteiger partial charge in [0.05, 0.1) is 12.2 Å². The SMILES string of the molecule is CCCCCC(=O)C=CC(CCC=O)C(O)CC(C)O. The maximum absolute atomic E-state index is 11.7. The Bertz CT molecular complexity index is 297. The predicted molar refractivity (Wildman–Crippen MR) is 79.4 cm³/mol. The highest BCUT2D eigenvalue weighted by Gasteiger charge is 2.18. The summed E-state index contributed by atoms with van der Waals surface area (Å²) >= 11 is 0. The van der Waals surface area contributed by atoms with Gasteiger partial charge in [0, 0.05) is 18.8 Å². The topological polar surface area (TPSA) is 74.6 Å². The number of carbonyl (C=O) groups is 2. The first-order chi connectivity index (χ1) is 9.51. The van der Waals surface area contributed by atoms with Crippen molar-refractivity contribution < 1.29 is 19.8 Å². The van der Waals surface area contributed by atoms with Crippen molar-refractivity contribution in [2.45, 2.75) is 71.0 Å². The highest BCUT2D eigenvalue weighted by atomic mass is 16.3. The molecule has 0 aliphatic heterocycles. The van der Waals surface area contributed by atoms with Gasteiger partial charge in [-0.2, -0.15) is 0 Å². The summed E-state index contributed by atoms with van der Waals surface area (Å²) in [5, 5.41) is 19.3. The zero-order valence-corrected chi connectivity index (χ0v) is 12.6. The van der Waals surface area contributed by atoms with E-state index in [4.69, 9.17) is 0 Å². The Hall–Kier alpha value is -1.00. The van der Waals surface area contributed by atoms with Crippen molar-refractivity contribution in [3.8, 4) is 0 Å². The third-order valence-electron chi connectivity index (χ3n) is 3.25. The minimum Gasteiger partial charge on any atom is -0.393 e. The van der Waals surface area contributed by atoms with E-state index < -0.39 is 12.2 Å². The summed E-state index contributed by atoms with van der Waals surface area (Å²) in [6.45, 7) is 3.70. The smallest absolute Gasteiger partial charge is 0.155 e. The number of ketones is 1. The standard InChI is InChI=1S/C16H28O4/c1-3-4-5-8-15(19)10-9-14(7-6-11-17)16(20)12-13(2)18/h9-11,13-14,16,18,20H,3-8,12H2,1-2H3. The van der Waals surface area contributed by atoms with Gasteiger partial charge in [-0.3, -0.25) is 4.79 Å². The first kappa shape index (κ1) is 19.0. The summed E-state index contributed by atoms with van der Waals surface area (Å²) in [6.07, 6.45) is 7.29. The molecule has 4 heteroatoms. The van der Waals surface area contributed by atoms with Crippen molar-refractivity contribution >= 4 is 12.1 Å². The second kappa shape index (κ2) is 11.8. The molecular formula is C16H28O4. The van der Waals surface area contributed by atoms with Crippen LogP contribution in [0.2, 0.25) is 0 Å². The van der Waals surface area contributed by atoms with Crippen LogP contribution >= 0.6 is 0 Å². The van der Waals surface area contributed by atoms with Gasteiger partial charge in [0.15, 0.2) is 5.78 Å². The maximum atomic E-state index is 11.7. The largest absolute Gasteiger partial charge is 0.393 e. The molecule has 4 nitrogen and oxygen atoms in total. The van der Waals surface area contributed by atoms with Gasteiger partial charge < -0.3 is 15.0 Å². The fourth-order valence-corrected chi connectivity index (χ4v) is 2.07. The monoisotopic (exact) mass is 284 g/mol. The van der Waals surface area contributed by atoms with Crippen LogP contribution in [0.3, 0.4) is 0 Å². The van der Waals surface area contributed by atoms with Crippen molar-refractivity contribution in [3.05, 3.63) is 12.2 Å². The molecule has 0 radical (unpaired) electrons. The van der Waals surface area contributed by atoms with Gasteiger partial charge in [-0.05, 0) is 32.3 Å². The minimum absolute atomic E-state index is 0.0544. The van der Waals surface area contributed by atoms with E-state index in [0.29, 0.717) is 19.3 Å². The van der Waals surface area contributed by atoms with E-state index in [2.05, 4.69) is 6.92 Å². The van der Waals surface area contributed by atoms with E-state index in [0.717, 1.165) is 25.5 Å². The van der Waals surface area contributed by atoms with Crippen LogP contribution in [-0.4, -0.2) is 34.5 Å². The molecule has 0 aromatic rings. The molecule has 20 heavy (non-hydrogen) atoms. The molecule has 0 bridgehead atoms. The molecule has 0 rings (SSSR count). The normalized spacial score (nSPS) is 16.0. The van der Waals surface area contributed by atoms with Crippen LogP contribution in [0.5, 0.6) is 0 Å². The van der Waals surface area contributed by atoms with Gasteiger partial charge in [0.1, 0.15) is 6.29 Å². The number of allylic oxidation sites excluding steroid dienone is 1. The van der Waals surface area contributed by atoms with Crippen LogP contribution < -0.4 is 0 Å². The number of aliphatic hydroxyl groups excluding tert-OH is 2. The van der Waals surface area contributed by atoms with E-state index in [9.17, 15) is 19.8 Å². The summed E-state index contributed by atoms with van der Waals surface area (Å²) in [7, 11) is 0. The summed E-state index contributed by atoms with van der Waals surface area (Å²) in [5.41, 5.74) is 0. The van der Waals surface area contributed by atoms with E-state index in [1.165, 1.54) is 6.08 Å². The number of aldehydes is 1. The summed E-state index contributed by atoms with van der Waals surface area (Å²) in [4.78, 5) is 22.1. The summed E-state index contributed by atoms with van der Waals surface area (Å²) in [6, 6.07) is 0. The minimum atomic E-state index is -0.727. The van der Waals surface area contributed by atoms with Crippen LogP contribution in [0.4, 0.5) is 0 Å². The van der Waals surface area contributed by atoms with Gasteiger partial charge >= 0.3 is 0 Å². The lowest BCUT2D eigenvalue weighted by atomic mass is 9.92. The van der Waals surface area contributed by atoms with Gasteiger partial charge in [0.2, 0.25) is 0 Å². The van der Waals surface area contributed by atoms with Crippen molar-refractivity contribution in [2.24, 2.45) is 5.92 Å². The van der Waals surface area contributed by atoms with Crippen molar-refractivity contribution in [2.75, 3.05) is 0 Å². The Morgan fingerprint density at radius 1 is 1.25 bits per heavy atom. The molecule has 116 valence electrons. The number of aliphatic hydroxyl groups is 2. The highest BCUT2D eigenvalue weighted by molar-refractivity contribution is 5.89. The lowest BCUT2D eigenvalue weighted by molar-refractivity contribution is -0.114. The lowest BCUT2D eigenvalue weighted by Gasteiger charge is -2.20. The number of rotatable bonds is 12. The Morgan fingerprint density at radius 2 is 1.95 bits per heavy atom. The Balaban J connectivity index is 4.38. The van der Waals surface area contributed by atoms with Gasteiger partial charge in [-0.15, -0.1) is 0 Å². The second-order valence-corrected chi connectivity index (χ2v) is 5.34. The number of unbranched alkanes of at least 4 members (excludes halogenated alkanes) is 2. The van der Waals surface area contributed by atoms with Crippen LogP contribution in [0.25, 0.3) is 0 Å². The molecule has 0 aromatic carbocycles. The summed E-state index contributed by atoms with van der Waals surface area (Å²) < 4.78 is 0. The van der Waals surface area contributed by atoms with Crippen LogP contribution in [-0.2, 0) is 9.59 Å². The fourth-order valence-electron chi connectivity index (χ4n) is 2.07. The molecule has 0 amide bonds. The zero-order valence-electron chi connectivity index (χ0n) is 12.6. The molecule has 0 aliphatic rings. The van der Waals surface area contributed by atoms with Crippen LogP contribution in [0, 0.1) is 5.92 Å². The van der Waals surface area contributed by atoms with E-state index in [1.807, 2.05) is 0 Å². The van der Waals surface area contributed by atoms with Crippen molar-refractivity contribution in [1.29, 1.82) is 0 Å². The first-order valence-corrected chi connectivity index (χ1v) is 7.52. The Morgan fingerprint density at radius 3 is 2.50 bits per heavy atom. The van der Waals surface area contributed by atoms with E-state index in [-0.39, 0.29) is 18.1 Å². The molecule has 0 fully saturated rings. The molecule has 0 aliphatic carbocycles. The molecule has 0 spiro atoms. The highest BCUT2D eigenvalue weighted by Crippen LogP contribution is 2.17. The van der Waals surface area contributed by atoms with Crippen LogP contribution in [0.15, 0.2) is 12.2 Å². The zero-order chi connectivity index (χ0) is 15.4. The van der Waals surface area contributed by atoms with Gasteiger partial charge in [0.25, 0.3) is 0 Å². The molecule has 0 aromatic heterocycles. The molecule has 0 saturated carbocycles. The Labute approximate surface area is 121 Å². The number of hydrogen-bond donors (Lipinski definition) is 2. The lowest BCUT2D eigenvalue weighted by Crippen LogP contribution is -2.23. The molecular weight excluding hydrogens is 256 g/mol. The van der Waals surface area contributed by atoms with E-state index in [1.54, 1.807) is 13.0 Å². The van der Waals surface area contributed by atoms with Crippen molar-refractivity contribution in [1.82, 2.24) is 0 Å². The maximum Gasteiger partial charge on any atom is 0.155 e. The molecule has 0 saturated heterocycles. The third-order valence-corrected chi connectivity index (χ3v) is 3.25. The second-order valence-electron chi connectivity index (χ2n) is 5.34. The fraction of sp³-hybridized carbons (Fsp3) is 0.750. The van der Waals surface area contributed by atoms with Crippen LogP contribution in [0.1, 0.15) is 58.8 Å². The predicted octanol–water partition coefficient (Wildman–Crippen LogP) is 2.42. The molecule has 3 atom stereocenters. The Kier molecular flexibility index (Phi) is 11.2. The van der Waals surface area contributed by atoms with E-state index >= 15 is 0 Å². The number of carbonyl (C=O) groups excluding carboxylic acids is 2. The van der Waals surface area contributed by atoms with Gasteiger partial charge in [-0.25, -0.2) is 0 Å². The third kappa shape index (κ3) is 9.87. The number of hydrogen-bond acceptors (Lipinski definition) is 4.